The first-order valence-corrected chi connectivity index (χ1v) is 7.91. The Bertz CT molecular complexity index is 712. The number of methoxy groups -OCH3 is 1. The molecule has 0 N–H and O–H groups in total. The standard InChI is InChI=1S/C17H15NO3S/c1-21-17(20)13-8-6-12(7-9-13)16(19)18-10-11-22-15-5-3-2-4-14(15)18/h2-9H,10-11H2,1H3. The summed E-state index contributed by atoms with van der Waals surface area (Å²) in [6.07, 6.45) is 0. The fourth-order valence-corrected chi connectivity index (χ4v) is 3.40. The van der Waals surface area contributed by atoms with Crippen molar-refractivity contribution in [3.8, 4) is 0 Å². The summed E-state index contributed by atoms with van der Waals surface area (Å²) in [5.74, 6) is 0.422. The molecule has 0 saturated heterocycles. The van der Waals surface area contributed by atoms with Crippen LogP contribution in [0, 0.1) is 0 Å². The summed E-state index contributed by atoms with van der Waals surface area (Å²) in [6.45, 7) is 0.680. The number of esters is 1. The van der Waals surface area contributed by atoms with Crippen LogP contribution >= 0.6 is 11.8 Å². The van der Waals surface area contributed by atoms with Crippen LogP contribution in [-0.2, 0) is 4.74 Å². The van der Waals surface area contributed by atoms with Gasteiger partial charge in [0.05, 0.1) is 18.4 Å². The van der Waals surface area contributed by atoms with E-state index in [-0.39, 0.29) is 5.91 Å². The molecule has 0 aromatic heterocycles. The van der Waals surface area contributed by atoms with E-state index in [1.54, 1.807) is 40.9 Å². The molecule has 3 rings (SSSR count). The summed E-state index contributed by atoms with van der Waals surface area (Å²) in [5, 5.41) is 0. The van der Waals surface area contributed by atoms with Crippen LogP contribution in [0.5, 0.6) is 0 Å². The van der Waals surface area contributed by atoms with Crippen LogP contribution in [0.3, 0.4) is 0 Å². The van der Waals surface area contributed by atoms with Gasteiger partial charge in [-0.3, -0.25) is 4.79 Å². The van der Waals surface area contributed by atoms with E-state index in [1.807, 2.05) is 24.3 Å². The van der Waals surface area contributed by atoms with Crippen LogP contribution in [0.1, 0.15) is 20.7 Å². The summed E-state index contributed by atoms with van der Waals surface area (Å²) in [7, 11) is 1.34. The highest BCUT2D eigenvalue weighted by Crippen LogP contribution is 2.35. The number of hydrogen-bond donors (Lipinski definition) is 0. The second-order valence-corrected chi connectivity index (χ2v) is 5.98. The molecule has 0 saturated carbocycles. The molecule has 5 heteroatoms. The lowest BCUT2D eigenvalue weighted by molar-refractivity contribution is 0.0600. The van der Waals surface area contributed by atoms with Gasteiger partial charge in [-0.2, -0.15) is 0 Å². The van der Waals surface area contributed by atoms with Crippen molar-refractivity contribution in [2.24, 2.45) is 0 Å². The van der Waals surface area contributed by atoms with Crippen molar-refractivity contribution in [3.63, 3.8) is 0 Å². The van der Waals surface area contributed by atoms with Gasteiger partial charge >= 0.3 is 5.97 Å². The Labute approximate surface area is 133 Å². The molecule has 4 nitrogen and oxygen atoms in total. The molecule has 0 unspecified atom stereocenters. The third-order valence-corrected chi connectivity index (χ3v) is 4.57. The van der Waals surface area contributed by atoms with E-state index in [1.165, 1.54) is 7.11 Å². The van der Waals surface area contributed by atoms with Crippen molar-refractivity contribution in [1.29, 1.82) is 0 Å². The van der Waals surface area contributed by atoms with Crippen LogP contribution in [0.2, 0.25) is 0 Å². The Hall–Kier alpha value is -2.27. The highest BCUT2D eigenvalue weighted by molar-refractivity contribution is 7.99. The van der Waals surface area contributed by atoms with Gasteiger partial charge in [0, 0.05) is 22.8 Å². The Kier molecular flexibility index (Phi) is 4.15. The first kappa shape index (κ1) is 14.7. The van der Waals surface area contributed by atoms with Crippen LogP contribution in [0.15, 0.2) is 53.4 Å². The molecule has 0 bridgehead atoms. The van der Waals surface area contributed by atoms with E-state index >= 15 is 0 Å². The molecule has 0 atom stereocenters. The summed E-state index contributed by atoms with van der Waals surface area (Å²) < 4.78 is 4.66. The molecule has 112 valence electrons. The highest BCUT2D eigenvalue weighted by Gasteiger charge is 2.23. The summed E-state index contributed by atoms with van der Waals surface area (Å²) in [5.41, 5.74) is 1.95. The van der Waals surface area contributed by atoms with Gasteiger partial charge in [0.2, 0.25) is 0 Å². The van der Waals surface area contributed by atoms with Crippen LogP contribution < -0.4 is 4.90 Å². The molecule has 1 heterocycles. The van der Waals surface area contributed by atoms with Crippen molar-refractivity contribution in [2.45, 2.75) is 4.90 Å². The third kappa shape index (κ3) is 2.72. The molecular weight excluding hydrogens is 298 g/mol. The van der Waals surface area contributed by atoms with E-state index in [0.29, 0.717) is 17.7 Å². The molecule has 2 aromatic carbocycles. The minimum absolute atomic E-state index is 0.0517. The van der Waals surface area contributed by atoms with Crippen LogP contribution in [0.25, 0.3) is 0 Å². The Morgan fingerprint density at radius 3 is 2.45 bits per heavy atom. The molecule has 0 radical (unpaired) electrons. The highest BCUT2D eigenvalue weighted by atomic mass is 32.2. The van der Waals surface area contributed by atoms with E-state index in [4.69, 9.17) is 0 Å². The number of anilines is 1. The van der Waals surface area contributed by atoms with Crippen LogP contribution in [0.4, 0.5) is 5.69 Å². The summed E-state index contributed by atoms with van der Waals surface area (Å²) in [4.78, 5) is 27.1. The van der Waals surface area contributed by atoms with Crippen molar-refractivity contribution in [3.05, 3.63) is 59.7 Å². The lowest BCUT2D eigenvalue weighted by Crippen LogP contribution is -2.35. The average molecular weight is 313 g/mol. The molecular formula is C17H15NO3S. The summed E-state index contributed by atoms with van der Waals surface area (Å²) >= 11 is 1.76. The topological polar surface area (TPSA) is 46.6 Å². The predicted molar refractivity (Wildman–Crippen MR) is 86.6 cm³/mol. The number of nitrogens with zero attached hydrogens (tertiary/aromatic N) is 1. The fourth-order valence-electron chi connectivity index (χ4n) is 2.40. The van der Waals surface area contributed by atoms with Gasteiger partial charge < -0.3 is 9.64 Å². The number of para-hydroxylation sites is 1. The van der Waals surface area contributed by atoms with Gasteiger partial charge in [-0.1, -0.05) is 12.1 Å². The van der Waals surface area contributed by atoms with E-state index in [0.717, 1.165) is 16.3 Å². The number of carbonyl (C=O) groups is 2. The number of amides is 1. The number of carbonyl (C=O) groups excluding carboxylic acids is 2. The minimum atomic E-state index is -0.404. The monoisotopic (exact) mass is 313 g/mol. The second-order valence-electron chi connectivity index (χ2n) is 4.84. The third-order valence-electron chi connectivity index (χ3n) is 3.53. The van der Waals surface area contributed by atoms with Crippen LogP contribution in [-0.4, -0.2) is 31.3 Å². The first-order valence-electron chi connectivity index (χ1n) is 6.93. The van der Waals surface area contributed by atoms with Crippen molar-refractivity contribution in [2.75, 3.05) is 24.3 Å². The second kappa shape index (κ2) is 6.23. The van der Waals surface area contributed by atoms with Gasteiger partial charge in [0.25, 0.3) is 5.91 Å². The van der Waals surface area contributed by atoms with Gasteiger partial charge in [-0.05, 0) is 36.4 Å². The molecule has 0 fully saturated rings. The largest absolute Gasteiger partial charge is 0.465 e. The van der Waals surface area contributed by atoms with E-state index in [9.17, 15) is 9.59 Å². The maximum absolute atomic E-state index is 12.7. The van der Waals surface area contributed by atoms with E-state index < -0.39 is 5.97 Å². The number of thioether (sulfide) groups is 1. The SMILES string of the molecule is COC(=O)c1ccc(C(=O)N2CCSc3ccccc32)cc1. The first-order chi connectivity index (χ1) is 10.7. The predicted octanol–water partition coefficient (Wildman–Crippen LogP) is 3.23. The number of benzene rings is 2. The van der Waals surface area contributed by atoms with Crippen molar-refractivity contribution in [1.82, 2.24) is 0 Å². The van der Waals surface area contributed by atoms with E-state index in [2.05, 4.69) is 4.74 Å². The molecule has 22 heavy (non-hydrogen) atoms. The Morgan fingerprint density at radius 1 is 1.05 bits per heavy atom. The normalized spacial score (nSPS) is 13.4. The number of hydrogen-bond acceptors (Lipinski definition) is 4. The zero-order valence-electron chi connectivity index (χ0n) is 12.1. The Morgan fingerprint density at radius 2 is 1.73 bits per heavy atom. The average Bonchev–Trinajstić information content (AvgIpc) is 2.60. The van der Waals surface area contributed by atoms with Gasteiger partial charge in [-0.15, -0.1) is 11.8 Å². The maximum atomic E-state index is 12.7. The van der Waals surface area contributed by atoms with Crippen molar-refractivity contribution >= 4 is 29.3 Å². The fraction of sp³-hybridized carbons (Fsp3) is 0.176. The van der Waals surface area contributed by atoms with Gasteiger partial charge in [-0.25, -0.2) is 4.79 Å². The van der Waals surface area contributed by atoms with Gasteiger partial charge in [0.15, 0.2) is 0 Å². The van der Waals surface area contributed by atoms with Gasteiger partial charge in [0.1, 0.15) is 0 Å². The lowest BCUT2D eigenvalue weighted by Gasteiger charge is -2.29. The molecule has 0 aliphatic carbocycles. The molecule has 2 aromatic rings. The number of fused-ring (bicyclic) bond motifs is 1. The quantitative estimate of drug-likeness (QED) is 0.799. The Balaban J connectivity index is 1.87. The lowest BCUT2D eigenvalue weighted by atomic mass is 10.1. The number of ether oxygens (including phenoxy) is 1. The summed E-state index contributed by atoms with van der Waals surface area (Å²) in [6, 6.07) is 14.5. The minimum Gasteiger partial charge on any atom is -0.465 e. The van der Waals surface area contributed by atoms with Crippen molar-refractivity contribution < 1.29 is 14.3 Å². The zero-order valence-corrected chi connectivity index (χ0v) is 12.9. The smallest absolute Gasteiger partial charge is 0.337 e. The molecule has 1 amide bonds. The molecule has 1 aliphatic heterocycles. The molecule has 1 aliphatic rings. The maximum Gasteiger partial charge on any atom is 0.337 e. The number of rotatable bonds is 2. The molecule has 0 spiro atoms. The zero-order chi connectivity index (χ0) is 15.5.